The van der Waals surface area contributed by atoms with E-state index >= 15 is 0 Å². The van der Waals surface area contributed by atoms with Crippen LogP contribution in [0.5, 0.6) is 0 Å². The summed E-state index contributed by atoms with van der Waals surface area (Å²) in [6.45, 7) is 2.80. The van der Waals surface area contributed by atoms with E-state index in [2.05, 4.69) is 4.74 Å². The first-order chi connectivity index (χ1) is 13.3. The van der Waals surface area contributed by atoms with Crippen molar-refractivity contribution in [2.45, 2.75) is 18.7 Å². The van der Waals surface area contributed by atoms with E-state index in [1.54, 1.807) is 0 Å². The highest BCUT2D eigenvalue weighted by molar-refractivity contribution is 7.89. The lowest BCUT2D eigenvalue weighted by atomic mass is 10.2. The lowest BCUT2D eigenvalue weighted by Gasteiger charge is -2.34. The highest BCUT2D eigenvalue weighted by Crippen LogP contribution is 2.30. The van der Waals surface area contributed by atoms with Crippen LogP contribution in [0.1, 0.15) is 21.9 Å². The molecule has 164 valence electrons. The topological polar surface area (TPSA) is 135 Å². The van der Waals surface area contributed by atoms with Crippen molar-refractivity contribution in [1.29, 1.82) is 0 Å². The second kappa shape index (κ2) is 8.42. The predicted molar refractivity (Wildman–Crippen MR) is 102 cm³/mol. The minimum Gasteiger partial charge on any atom is -0.465 e. The zero-order chi connectivity index (χ0) is 22.1. The summed E-state index contributed by atoms with van der Waals surface area (Å²) in [5, 5.41) is 0. The molecule has 0 unspecified atom stereocenters. The quantitative estimate of drug-likeness (QED) is 0.524. The molecule has 11 nitrogen and oxygen atoms in total. The summed E-state index contributed by atoms with van der Waals surface area (Å²) in [4.78, 5) is 25.5. The Bertz CT molecular complexity index is 1010. The zero-order valence-corrected chi connectivity index (χ0v) is 18.6. The van der Waals surface area contributed by atoms with Gasteiger partial charge in [-0.2, -0.15) is 8.61 Å². The number of carbonyl (C=O) groups excluding carboxylic acids is 2. The Balaban J connectivity index is 2.17. The zero-order valence-electron chi connectivity index (χ0n) is 17.0. The summed E-state index contributed by atoms with van der Waals surface area (Å²) >= 11 is 0. The maximum absolute atomic E-state index is 13.1. The van der Waals surface area contributed by atoms with Crippen molar-refractivity contribution >= 4 is 31.9 Å². The number of carbonyl (C=O) groups is 2. The molecule has 0 N–H and O–H groups in total. The fourth-order valence-corrected chi connectivity index (χ4v) is 5.16. The molecule has 0 aliphatic carbocycles. The van der Waals surface area contributed by atoms with E-state index < -0.39 is 31.9 Å². The van der Waals surface area contributed by atoms with Crippen LogP contribution in [0.25, 0.3) is 0 Å². The van der Waals surface area contributed by atoms with Crippen LogP contribution in [-0.4, -0.2) is 95.4 Å². The van der Waals surface area contributed by atoms with Gasteiger partial charge in [0, 0.05) is 33.2 Å². The molecule has 1 aliphatic rings. The fraction of sp³-hybridized carbons (Fsp3) is 0.625. The average molecular weight is 452 g/mol. The van der Waals surface area contributed by atoms with Gasteiger partial charge in [-0.1, -0.05) is 0 Å². The monoisotopic (exact) mass is 451 g/mol. The van der Waals surface area contributed by atoms with Crippen LogP contribution in [0.15, 0.2) is 9.31 Å². The molecule has 0 atom stereocenters. The molecule has 2 heterocycles. The molecule has 0 spiro atoms. The molecule has 1 aromatic rings. The Kier molecular flexibility index (Phi) is 6.77. The first-order valence-corrected chi connectivity index (χ1v) is 12.0. The van der Waals surface area contributed by atoms with Crippen LogP contribution in [-0.2, 0) is 29.6 Å². The summed E-state index contributed by atoms with van der Waals surface area (Å²) in [6.07, 6.45) is 0.999. The third kappa shape index (κ3) is 4.79. The Labute approximate surface area is 170 Å². The third-order valence-corrected chi connectivity index (χ3v) is 8.02. The summed E-state index contributed by atoms with van der Waals surface area (Å²) in [5.41, 5.74) is -0.140. The van der Waals surface area contributed by atoms with Crippen LogP contribution >= 0.6 is 0 Å². The molecular weight excluding hydrogens is 426 g/mol. The highest BCUT2D eigenvalue weighted by Gasteiger charge is 2.37. The summed E-state index contributed by atoms with van der Waals surface area (Å²) in [5.74, 6) is -1.00. The van der Waals surface area contributed by atoms with Crippen molar-refractivity contribution in [3.63, 3.8) is 0 Å². The maximum atomic E-state index is 13.1. The molecule has 1 fully saturated rings. The van der Waals surface area contributed by atoms with Gasteiger partial charge in [-0.05, 0) is 13.8 Å². The Morgan fingerprint density at radius 3 is 2.10 bits per heavy atom. The summed E-state index contributed by atoms with van der Waals surface area (Å²) in [6, 6.07) is 0. The molecule has 0 aromatic carbocycles. The molecule has 0 bridgehead atoms. The second-order valence-electron chi connectivity index (χ2n) is 6.71. The number of furan rings is 1. The number of hydrogen-bond acceptors (Lipinski definition) is 8. The number of hydrogen-bond donors (Lipinski definition) is 0. The molecule has 0 saturated carbocycles. The smallest absolute Gasteiger partial charge is 0.342 e. The van der Waals surface area contributed by atoms with Gasteiger partial charge in [0.05, 0.1) is 19.9 Å². The van der Waals surface area contributed by atoms with Gasteiger partial charge in [-0.25, -0.2) is 21.6 Å². The van der Waals surface area contributed by atoms with Gasteiger partial charge in [0.1, 0.15) is 22.0 Å². The van der Waals surface area contributed by atoms with Crippen LogP contribution < -0.4 is 0 Å². The van der Waals surface area contributed by atoms with Gasteiger partial charge in [-0.15, -0.1) is 0 Å². The largest absolute Gasteiger partial charge is 0.465 e. The molecular formula is C16H25N3O8S2. The van der Waals surface area contributed by atoms with Gasteiger partial charge in [0.2, 0.25) is 26.0 Å². The number of ether oxygens (including phenoxy) is 1. The molecule has 13 heteroatoms. The van der Waals surface area contributed by atoms with E-state index in [9.17, 15) is 26.4 Å². The molecule has 29 heavy (non-hydrogen) atoms. The van der Waals surface area contributed by atoms with Gasteiger partial charge in [-0.3, -0.25) is 4.79 Å². The molecule has 1 amide bonds. The maximum Gasteiger partial charge on any atom is 0.342 e. The van der Waals surface area contributed by atoms with Crippen molar-refractivity contribution in [1.82, 2.24) is 13.5 Å². The highest BCUT2D eigenvalue weighted by atomic mass is 32.2. The van der Waals surface area contributed by atoms with E-state index in [1.165, 1.54) is 30.1 Å². The van der Waals surface area contributed by atoms with Crippen molar-refractivity contribution in [3.8, 4) is 0 Å². The van der Waals surface area contributed by atoms with Gasteiger partial charge in [0.25, 0.3) is 0 Å². The number of likely N-dealkylation sites (N-methyl/N-ethyl adjacent to an activating group) is 1. The number of sulfonamides is 2. The van der Waals surface area contributed by atoms with Gasteiger partial charge >= 0.3 is 5.97 Å². The Morgan fingerprint density at radius 2 is 1.62 bits per heavy atom. The predicted octanol–water partition coefficient (Wildman–Crippen LogP) is -0.593. The van der Waals surface area contributed by atoms with Crippen molar-refractivity contribution < 1.29 is 35.6 Å². The fourth-order valence-electron chi connectivity index (χ4n) is 3.03. The number of nitrogens with zero attached hydrogens (tertiary/aromatic N) is 3. The van der Waals surface area contributed by atoms with Gasteiger partial charge in [0.15, 0.2) is 0 Å². The van der Waals surface area contributed by atoms with Crippen molar-refractivity contribution in [2.75, 3.05) is 53.1 Å². The minimum absolute atomic E-state index is 0.000935. The van der Waals surface area contributed by atoms with Crippen molar-refractivity contribution in [3.05, 3.63) is 17.1 Å². The lowest BCUT2D eigenvalue weighted by molar-refractivity contribution is -0.132. The molecule has 0 radical (unpaired) electrons. The van der Waals surface area contributed by atoms with E-state index in [1.807, 2.05) is 0 Å². The number of aryl methyl sites for hydroxylation is 2. The van der Waals surface area contributed by atoms with E-state index in [0.717, 1.165) is 17.7 Å². The minimum atomic E-state index is -4.06. The van der Waals surface area contributed by atoms with Crippen LogP contribution in [0.3, 0.4) is 0 Å². The van der Waals surface area contributed by atoms with E-state index in [0.29, 0.717) is 0 Å². The third-order valence-electron chi connectivity index (χ3n) is 4.71. The first-order valence-electron chi connectivity index (χ1n) is 8.68. The Morgan fingerprint density at radius 1 is 1.07 bits per heavy atom. The van der Waals surface area contributed by atoms with Crippen LogP contribution in [0.4, 0.5) is 0 Å². The lowest BCUT2D eigenvalue weighted by Crippen LogP contribution is -2.52. The SMILES string of the molecule is COC(=O)c1c(C)oc(C)c1S(=O)(=O)N1CCN(C(=O)CN(C)S(C)(=O)=O)CC1. The number of rotatable bonds is 6. The molecule has 2 rings (SSSR count). The number of esters is 1. The van der Waals surface area contributed by atoms with Crippen molar-refractivity contribution in [2.24, 2.45) is 0 Å². The molecule has 1 aliphatic heterocycles. The molecule has 1 saturated heterocycles. The van der Waals surface area contributed by atoms with Gasteiger partial charge < -0.3 is 14.1 Å². The number of piperazine rings is 1. The standard InChI is InChI=1S/C16H25N3O8S2/c1-11-14(16(21)26-4)15(12(2)27-11)29(24,25)19-8-6-18(7-9-19)13(20)10-17(3)28(5,22)23/h6-10H2,1-5H3. The number of amides is 1. The first kappa shape index (κ1) is 23.3. The number of methoxy groups -OCH3 is 1. The summed E-state index contributed by atoms with van der Waals surface area (Å²) < 4.78 is 61.3. The van der Waals surface area contributed by atoms with Crippen LogP contribution in [0.2, 0.25) is 0 Å². The summed E-state index contributed by atoms with van der Waals surface area (Å²) in [7, 11) is -5.11. The normalized spacial score (nSPS) is 16.3. The van der Waals surface area contributed by atoms with E-state index in [4.69, 9.17) is 4.42 Å². The van der Waals surface area contributed by atoms with Crippen LogP contribution in [0, 0.1) is 13.8 Å². The second-order valence-corrected chi connectivity index (χ2v) is 10.7. The average Bonchev–Trinajstić information content (AvgIpc) is 2.94. The molecule has 1 aromatic heterocycles. The Hall–Kier alpha value is -1.96. The van der Waals surface area contributed by atoms with E-state index in [-0.39, 0.29) is 54.7 Å².